The molecule has 6 nitrogen and oxygen atoms in total. The number of non-ortho nitro benzene ring substituents is 1. The molecule has 3 rings (SSSR count). The monoisotopic (exact) mass is 292 g/mol. The summed E-state index contributed by atoms with van der Waals surface area (Å²) in [4.78, 5) is 14.6. The number of benzene rings is 2. The lowest BCUT2D eigenvalue weighted by Crippen LogP contribution is -1.94. The van der Waals surface area contributed by atoms with Crippen molar-refractivity contribution in [1.29, 1.82) is 0 Å². The quantitative estimate of drug-likeness (QED) is 0.452. The van der Waals surface area contributed by atoms with Crippen LogP contribution in [0.4, 0.5) is 11.4 Å². The van der Waals surface area contributed by atoms with E-state index in [9.17, 15) is 10.1 Å². The first-order valence-electron chi connectivity index (χ1n) is 6.61. The number of aromatic nitrogens is 1. The molecule has 2 aromatic carbocycles. The zero-order valence-electron chi connectivity index (χ0n) is 11.5. The van der Waals surface area contributed by atoms with Gasteiger partial charge in [-0.2, -0.15) is 5.10 Å². The Labute approximate surface area is 126 Å². The molecular weight excluding hydrogens is 280 g/mol. The smallest absolute Gasteiger partial charge is 0.270 e. The van der Waals surface area contributed by atoms with Gasteiger partial charge in [0.15, 0.2) is 0 Å². The highest BCUT2D eigenvalue weighted by molar-refractivity contribution is 5.90. The van der Waals surface area contributed by atoms with Crippen molar-refractivity contribution < 1.29 is 4.92 Å². The standard InChI is InChI=1S/C16H12N4O2/c21-20(22)14-7-1-4-12(10-14)11-18-19-15-8-2-5-13-6-3-9-17-16(13)15/h1-11,19H/b18-11+. The van der Waals surface area contributed by atoms with E-state index in [2.05, 4.69) is 15.5 Å². The number of para-hydroxylation sites is 1. The summed E-state index contributed by atoms with van der Waals surface area (Å²) in [5, 5.41) is 15.9. The van der Waals surface area contributed by atoms with Crippen LogP contribution in [-0.4, -0.2) is 16.1 Å². The maximum absolute atomic E-state index is 10.7. The van der Waals surface area contributed by atoms with Crippen molar-refractivity contribution in [3.8, 4) is 0 Å². The van der Waals surface area contributed by atoms with Gasteiger partial charge >= 0.3 is 0 Å². The largest absolute Gasteiger partial charge is 0.276 e. The van der Waals surface area contributed by atoms with E-state index in [-0.39, 0.29) is 5.69 Å². The van der Waals surface area contributed by atoms with Crippen LogP contribution < -0.4 is 5.43 Å². The molecule has 3 aromatic rings. The molecule has 1 aromatic heterocycles. The minimum Gasteiger partial charge on any atom is -0.276 e. The molecule has 6 heteroatoms. The van der Waals surface area contributed by atoms with E-state index in [0.29, 0.717) is 5.56 Å². The Kier molecular flexibility index (Phi) is 3.74. The molecule has 0 amide bonds. The number of anilines is 1. The third-order valence-electron chi connectivity index (χ3n) is 3.11. The second-order valence-corrected chi connectivity index (χ2v) is 4.60. The molecular formula is C16H12N4O2. The third-order valence-corrected chi connectivity index (χ3v) is 3.11. The molecule has 108 valence electrons. The molecule has 0 unspecified atom stereocenters. The maximum Gasteiger partial charge on any atom is 0.270 e. The molecule has 22 heavy (non-hydrogen) atoms. The van der Waals surface area contributed by atoms with Crippen LogP contribution in [0.15, 0.2) is 65.9 Å². The van der Waals surface area contributed by atoms with Gasteiger partial charge < -0.3 is 0 Å². The van der Waals surface area contributed by atoms with Gasteiger partial charge in [0.1, 0.15) is 0 Å². The zero-order valence-corrected chi connectivity index (χ0v) is 11.5. The fourth-order valence-electron chi connectivity index (χ4n) is 2.09. The number of nitrogens with one attached hydrogen (secondary N) is 1. The highest BCUT2D eigenvalue weighted by Gasteiger charge is 2.04. The van der Waals surface area contributed by atoms with E-state index in [1.54, 1.807) is 18.3 Å². The first-order valence-corrected chi connectivity index (χ1v) is 6.61. The van der Waals surface area contributed by atoms with E-state index in [4.69, 9.17) is 0 Å². The number of pyridine rings is 1. The predicted octanol–water partition coefficient (Wildman–Crippen LogP) is 3.59. The summed E-state index contributed by atoms with van der Waals surface area (Å²) in [6.07, 6.45) is 3.26. The van der Waals surface area contributed by atoms with Gasteiger partial charge in [-0.3, -0.25) is 20.5 Å². The van der Waals surface area contributed by atoms with E-state index >= 15 is 0 Å². The van der Waals surface area contributed by atoms with Crippen LogP contribution in [0.5, 0.6) is 0 Å². The SMILES string of the molecule is O=[N+]([O-])c1cccc(/C=N/Nc2cccc3cccnc23)c1. The van der Waals surface area contributed by atoms with E-state index < -0.39 is 4.92 Å². The number of hydrogen-bond donors (Lipinski definition) is 1. The topological polar surface area (TPSA) is 80.4 Å². The summed E-state index contributed by atoms with van der Waals surface area (Å²) in [6, 6.07) is 15.9. The molecule has 0 aliphatic carbocycles. The van der Waals surface area contributed by atoms with Crippen molar-refractivity contribution in [2.75, 3.05) is 5.43 Å². The first kappa shape index (κ1) is 13.7. The Morgan fingerprint density at radius 1 is 1.14 bits per heavy atom. The van der Waals surface area contributed by atoms with E-state index in [0.717, 1.165) is 16.6 Å². The van der Waals surface area contributed by atoms with Gasteiger partial charge in [0.05, 0.1) is 22.3 Å². The van der Waals surface area contributed by atoms with Crippen molar-refractivity contribution in [2.45, 2.75) is 0 Å². The van der Waals surface area contributed by atoms with Gasteiger partial charge in [-0.15, -0.1) is 0 Å². The average molecular weight is 292 g/mol. The van der Waals surface area contributed by atoms with Crippen LogP contribution in [0.2, 0.25) is 0 Å². The molecule has 0 aliphatic heterocycles. The summed E-state index contributed by atoms with van der Waals surface area (Å²) in [7, 11) is 0. The Morgan fingerprint density at radius 2 is 1.95 bits per heavy atom. The lowest BCUT2D eigenvalue weighted by molar-refractivity contribution is -0.384. The molecule has 1 heterocycles. The van der Waals surface area contributed by atoms with E-state index in [1.165, 1.54) is 18.3 Å². The van der Waals surface area contributed by atoms with Crippen molar-refractivity contribution in [3.05, 3.63) is 76.5 Å². The molecule has 0 bridgehead atoms. The second kappa shape index (κ2) is 6.01. The highest BCUT2D eigenvalue weighted by Crippen LogP contribution is 2.20. The Morgan fingerprint density at radius 3 is 2.82 bits per heavy atom. The first-order chi connectivity index (χ1) is 10.7. The van der Waals surface area contributed by atoms with Crippen LogP contribution >= 0.6 is 0 Å². The minimum absolute atomic E-state index is 0.0378. The number of hydrazone groups is 1. The Hall–Kier alpha value is -3.28. The molecule has 0 saturated carbocycles. The Balaban J connectivity index is 1.82. The molecule has 1 N–H and O–H groups in total. The van der Waals surface area contributed by atoms with Crippen molar-refractivity contribution in [3.63, 3.8) is 0 Å². The van der Waals surface area contributed by atoms with Crippen LogP contribution in [-0.2, 0) is 0 Å². The van der Waals surface area contributed by atoms with Gasteiger partial charge in [-0.1, -0.05) is 30.3 Å². The number of nitrogens with zero attached hydrogens (tertiary/aromatic N) is 3. The van der Waals surface area contributed by atoms with Gasteiger partial charge in [-0.05, 0) is 12.1 Å². The zero-order chi connectivity index (χ0) is 15.4. The number of fused-ring (bicyclic) bond motifs is 1. The van der Waals surface area contributed by atoms with Crippen LogP contribution in [0.25, 0.3) is 10.9 Å². The lowest BCUT2D eigenvalue weighted by Gasteiger charge is -2.04. The highest BCUT2D eigenvalue weighted by atomic mass is 16.6. The number of rotatable bonds is 4. The Bertz CT molecular complexity index is 856. The third kappa shape index (κ3) is 2.90. The van der Waals surface area contributed by atoms with Crippen LogP contribution in [0, 0.1) is 10.1 Å². The van der Waals surface area contributed by atoms with Gasteiger partial charge in [0, 0.05) is 29.3 Å². The summed E-state index contributed by atoms with van der Waals surface area (Å²) in [5.74, 6) is 0. The molecule has 0 atom stereocenters. The molecule has 0 radical (unpaired) electrons. The lowest BCUT2D eigenvalue weighted by atomic mass is 10.2. The fraction of sp³-hybridized carbons (Fsp3) is 0. The minimum atomic E-state index is -0.431. The summed E-state index contributed by atoms with van der Waals surface area (Å²) in [6.45, 7) is 0. The van der Waals surface area contributed by atoms with Gasteiger partial charge in [-0.25, -0.2) is 0 Å². The summed E-state index contributed by atoms with van der Waals surface area (Å²) < 4.78 is 0. The normalized spacial score (nSPS) is 10.9. The van der Waals surface area contributed by atoms with Crippen molar-refractivity contribution >= 4 is 28.5 Å². The molecule has 0 fully saturated rings. The summed E-state index contributed by atoms with van der Waals surface area (Å²) >= 11 is 0. The molecule has 0 spiro atoms. The second-order valence-electron chi connectivity index (χ2n) is 4.60. The average Bonchev–Trinajstić information content (AvgIpc) is 2.55. The number of nitro groups is 1. The van der Waals surface area contributed by atoms with Crippen LogP contribution in [0.3, 0.4) is 0 Å². The van der Waals surface area contributed by atoms with Gasteiger partial charge in [0.25, 0.3) is 5.69 Å². The van der Waals surface area contributed by atoms with Crippen molar-refractivity contribution in [2.24, 2.45) is 5.10 Å². The molecule has 0 saturated heterocycles. The number of hydrogen-bond acceptors (Lipinski definition) is 5. The number of nitro benzene ring substituents is 1. The molecule has 0 aliphatic rings. The van der Waals surface area contributed by atoms with Crippen LogP contribution in [0.1, 0.15) is 5.56 Å². The fourth-order valence-corrected chi connectivity index (χ4v) is 2.09. The van der Waals surface area contributed by atoms with E-state index in [1.807, 2.05) is 30.3 Å². The van der Waals surface area contributed by atoms with Crippen molar-refractivity contribution in [1.82, 2.24) is 4.98 Å². The summed E-state index contributed by atoms with van der Waals surface area (Å²) in [5.41, 5.74) is 5.21. The van der Waals surface area contributed by atoms with Gasteiger partial charge in [0.2, 0.25) is 0 Å². The maximum atomic E-state index is 10.7. The predicted molar refractivity (Wildman–Crippen MR) is 86.1 cm³/mol.